The summed E-state index contributed by atoms with van der Waals surface area (Å²) in [6.45, 7) is 1.21. The molecule has 1 atom stereocenters. The average Bonchev–Trinajstić information content (AvgIpc) is 2.28. The Morgan fingerprint density at radius 1 is 1.59 bits per heavy atom. The van der Waals surface area contributed by atoms with E-state index in [4.69, 9.17) is 10.4 Å². The molecule has 0 aliphatic carbocycles. The highest BCUT2D eigenvalue weighted by molar-refractivity contribution is 7.89. The van der Waals surface area contributed by atoms with Crippen molar-refractivity contribution in [1.82, 2.24) is 9.71 Å². The van der Waals surface area contributed by atoms with E-state index in [-0.39, 0.29) is 10.6 Å². The summed E-state index contributed by atoms with van der Waals surface area (Å²) in [6, 6.07) is 2.92. The van der Waals surface area contributed by atoms with Gasteiger partial charge in [-0.1, -0.05) is 0 Å². The minimum absolute atomic E-state index is 0.0789. The monoisotopic (exact) mass is 255 g/mol. The third-order valence-corrected chi connectivity index (χ3v) is 3.39. The first-order valence-electron chi connectivity index (χ1n) is 4.48. The zero-order chi connectivity index (χ0) is 13.1. The fourth-order valence-electron chi connectivity index (χ4n) is 0.957. The van der Waals surface area contributed by atoms with Crippen LogP contribution in [0.3, 0.4) is 0 Å². The van der Waals surface area contributed by atoms with E-state index in [9.17, 15) is 13.2 Å². The number of hydrogen-bond donors (Lipinski definition) is 2. The van der Waals surface area contributed by atoms with Gasteiger partial charge in [-0.3, -0.25) is 4.79 Å². The molecule has 2 N–H and O–H groups in total. The summed E-state index contributed by atoms with van der Waals surface area (Å²) < 4.78 is 25.3. The number of sulfonamides is 1. The molecule has 0 saturated heterocycles. The minimum atomic E-state index is -3.93. The van der Waals surface area contributed by atoms with E-state index in [1.807, 2.05) is 4.72 Å². The van der Waals surface area contributed by atoms with E-state index in [1.54, 1.807) is 6.07 Å². The molecular formula is C9H9N3O4S. The Morgan fingerprint density at radius 2 is 2.24 bits per heavy atom. The number of aliphatic carboxylic acids is 1. The number of rotatable bonds is 4. The normalized spacial score (nSPS) is 12.7. The van der Waals surface area contributed by atoms with Crippen LogP contribution in [-0.4, -0.2) is 30.5 Å². The highest BCUT2D eigenvalue weighted by Crippen LogP contribution is 2.08. The van der Waals surface area contributed by atoms with Gasteiger partial charge in [-0.15, -0.1) is 0 Å². The molecule has 8 heteroatoms. The van der Waals surface area contributed by atoms with Crippen molar-refractivity contribution in [3.63, 3.8) is 0 Å². The third kappa shape index (κ3) is 3.24. The largest absolute Gasteiger partial charge is 0.480 e. The van der Waals surface area contributed by atoms with Crippen LogP contribution in [0.25, 0.3) is 0 Å². The summed E-state index contributed by atoms with van der Waals surface area (Å²) >= 11 is 0. The molecule has 0 amide bonds. The highest BCUT2D eigenvalue weighted by Gasteiger charge is 2.21. The van der Waals surface area contributed by atoms with Gasteiger partial charge in [0.1, 0.15) is 22.7 Å². The second kappa shape index (κ2) is 4.90. The molecule has 0 saturated carbocycles. The third-order valence-electron chi connectivity index (χ3n) is 1.86. The standard InChI is InChI=1S/C9H9N3O4S/c1-6(9(13)14)12-17(15,16)8-3-2-7(4-10)11-5-8/h2-3,5-6,12H,1H3,(H,13,14)/t6-/m1/s1. The van der Waals surface area contributed by atoms with E-state index in [2.05, 4.69) is 4.98 Å². The van der Waals surface area contributed by atoms with Crippen LogP contribution in [0, 0.1) is 11.3 Å². The molecule has 1 rings (SSSR count). The lowest BCUT2D eigenvalue weighted by Gasteiger charge is -2.09. The number of aromatic nitrogens is 1. The van der Waals surface area contributed by atoms with Crippen molar-refractivity contribution in [1.29, 1.82) is 5.26 Å². The number of nitrogens with one attached hydrogen (secondary N) is 1. The van der Waals surface area contributed by atoms with Crippen molar-refractivity contribution in [3.8, 4) is 6.07 Å². The lowest BCUT2D eigenvalue weighted by atomic mass is 10.4. The maximum Gasteiger partial charge on any atom is 0.321 e. The predicted octanol–water partition coefficient (Wildman–Crippen LogP) is -0.295. The van der Waals surface area contributed by atoms with Gasteiger partial charge in [0.05, 0.1) is 0 Å². The summed E-state index contributed by atoms with van der Waals surface area (Å²) in [7, 11) is -3.93. The zero-order valence-corrected chi connectivity index (χ0v) is 9.60. The molecule has 1 aromatic heterocycles. The van der Waals surface area contributed by atoms with Crippen LogP contribution in [-0.2, 0) is 14.8 Å². The fourth-order valence-corrected chi connectivity index (χ4v) is 2.10. The maximum atomic E-state index is 11.6. The van der Waals surface area contributed by atoms with Crippen LogP contribution in [0.2, 0.25) is 0 Å². The average molecular weight is 255 g/mol. The van der Waals surface area contributed by atoms with Crippen molar-refractivity contribution in [2.45, 2.75) is 17.9 Å². The van der Waals surface area contributed by atoms with E-state index >= 15 is 0 Å². The SMILES string of the molecule is C[C@@H](NS(=O)(=O)c1ccc(C#N)nc1)C(=O)O. The van der Waals surface area contributed by atoms with Crippen LogP contribution in [0.15, 0.2) is 23.2 Å². The maximum absolute atomic E-state index is 11.6. The fraction of sp³-hybridized carbons (Fsp3) is 0.222. The van der Waals surface area contributed by atoms with Gasteiger partial charge in [-0.05, 0) is 19.1 Å². The lowest BCUT2D eigenvalue weighted by molar-refractivity contribution is -0.138. The molecule has 17 heavy (non-hydrogen) atoms. The zero-order valence-electron chi connectivity index (χ0n) is 8.78. The summed E-state index contributed by atoms with van der Waals surface area (Å²) in [4.78, 5) is 13.9. The van der Waals surface area contributed by atoms with Crippen LogP contribution >= 0.6 is 0 Å². The summed E-state index contributed by atoms with van der Waals surface area (Å²) in [5.74, 6) is -1.28. The van der Waals surface area contributed by atoms with Crippen molar-refractivity contribution >= 4 is 16.0 Å². The number of pyridine rings is 1. The van der Waals surface area contributed by atoms with Crippen molar-refractivity contribution in [2.75, 3.05) is 0 Å². The van der Waals surface area contributed by atoms with Gasteiger partial charge in [0.2, 0.25) is 10.0 Å². The van der Waals surface area contributed by atoms with Gasteiger partial charge in [0.15, 0.2) is 0 Å². The summed E-state index contributed by atoms with van der Waals surface area (Å²) in [6.07, 6.45) is 0.995. The van der Waals surface area contributed by atoms with Gasteiger partial charge in [-0.2, -0.15) is 9.98 Å². The first-order valence-corrected chi connectivity index (χ1v) is 5.96. The molecule has 0 aliphatic heterocycles. The van der Waals surface area contributed by atoms with Gasteiger partial charge in [0.25, 0.3) is 0 Å². The van der Waals surface area contributed by atoms with Crippen LogP contribution in [0.1, 0.15) is 12.6 Å². The quantitative estimate of drug-likeness (QED) is 0.762. The molecule has 0 fully saturated rings. The molecule has 0 spiro atoms. The molecule has 0 unspecified atom stereocenters. The molecule has 0 aromatic carbocycles. The topological polar surface area (TPSA) is 120 Å². The van der Waals surface area contributed by atoms with Gasteiger partial charge >= 0.3 is 5.97 Å². The molecule has 1 heterocycles. The Labute approximate surface area is 97.8 Å². The second-order valence-electron chi connectivity index (χ2n) is 3.17. The lowest BCUT2D eigenvalue weighted by Crippen LogP contribution is -2.38. The molecular weight excluding hydrogens is 246 g/mol. The number of nitriles is 1. The molecule has 0 aliphatic rings. The minimum Gasteiger partial charge on any atom is -0.480 e. The number of nitrogens with zero attached hydrogens (tertiary/aromatic N) is 2. The Bertz CT molecular complexity index is 559. The number of hydrogen-bond acceptors (Lipinski definition) is 5. The Hall–Kier alpha value is -1.98. The number of carboxylic acids is 1. The second-order valence-corrected chi connectivity index (χ2v) is 4.89. The van der Waals surface area contributed by atoms with E-state index < -0.39 is 22.0 Å². The summed E-state index contributed by atoms with van der Waals surface area (Å²) in [5, 5.41) is 17.1. The number of carbonyl (C=O) groups is 1. The van der Waals surface area contributed by atoms with E-state index in [0.29, 0.717) is 0 Å². The Kier molecular flexibility index (Phi) is 3.77. The Morgan fingerprint density at radius 3 is 2.65 bits per heavy atom. The van der Waals surface area contributed by atoms with Gasteiger partial charge in [-0.25, -0.2) is 13.4 Å². The van der Waals surface area contributed by atoms with Crippen LogP contribution < -0.4 is 4.72 Å². The smallest absolute Gasteiger partial charge is 0.321 e. The highest BCUT2D eigenvalue weighted by atomic mass is 32.2. The molecule has 90 valence electrons. The first kappa shape index (κ1) is 13.1. The van der Waals surface area contributed by atoms with Crippen LogP contribution in [0.5, 0.6) is 0 Å². The van der Waals surface area contributed by atoms with Crippen molar-refractivity contribution < 1.29 is 18.3 Å². The van der Waals surface area contributed by atoms with Gasteiger partial charge < -0.3 is 5.11 Å². The van der Waals surface area contributed by atoms with Crippen LogP contribution in [0.4, 0.5) is 0 Å². The molecule has 0 radical (unpaired) electrons. The molecule has 0 bridgehead atoms. The van der Waals surface area contributed by atoms with E-state index in [1.165, 1.54) is 19.1 Å². The molecule has 7 nitrogen and oxygen atoms in total. The Balaban J connectivity index is 2.98. The van der Waals surface area contributed by atoms with E-state index in [0.717, 1.165) is 6.20 Å². The number of carboxylic acid groups (broad SMARTS) is 1. The van der Waals surface area contributed by atoms with Gasteiger partial charge in [0, 0.05) is 6.20 Å². The summed E-state index contributed by atoms with van der Waals surface area (Å²) in [5.41, 5.74) is 0.0789. The first-order chi connectivity index (χ1) is 7.86. The van der Waals surface area contributed by atoms with Crippen molar-refractivity contribution in [2.24, 2.45) is 0 Å². The van der Waals surface area contributed by atoms with Crippen molar-refractivity contribution in [3.05, 3.63) is 24.0 Å². The predicted molar refractivity (Wildman–Crippen MR) is 56.4 cm³/mol. The molecule has 1 aromatic rings.